The van der Waals surface area contributed by atoms with E-state index in [9.17, 15) is 0 Å². The number of thiophene rings is 1. The largest absolute Gasteiger partial charge is 0.308 e. The molecular formula is C8H13ClN2S. The first-order valence-electron chi connectivity index (χ1n) is 3.92. The highest BCUT2D eigenvalue weighted by Gasteiger charge is 1.96. The Labute approximate surface area is 81.9 Å². The smallest absolute Gasteiger partial charge is 0.0931 e. The molecule has 1 heterocycles. The maximum atomic E-state index is 5.79. The first kappa shape index (κ1) is 9.99. The van der Waals surface area contributed by atoms with E-state index in [4.69, 9.17) is 11.6 Å². The quantitative estimate of drug-likeness (QED) is 0.564. The zero-order chi connectivity index (χ0) is 8.81. The minimum Gasteiger partial charge on any atom is -0.308 e. The van der Waals surface area contributed by atoms with Crippen molar-refractivity contribution in [3.05, 3.63) is 21.3 Å². The van der Waals surface area contributed by atoms with Crippen molar-refractivity contribution in [2.75, 3.05) is 20.3 Å². The van der Waals surface area contributed by atoms with Crippen LogP contribution in [0.4, 0.5) is 0 Å². The first-order valence-corrected chi connectivity index (χ1v) is 5.12. The van der Waals surface area contributed by atoms with Gasteiger partial charge in [-0.1, -0.05) is 11.6 Å². The van der Waals surface area contributed by atoms with E-state index >= 15 is 0 Å². The lowest BCUT2D eigenvalue weighted by atomic mass is 10.3. The van der Waals surface area contributed by atoms with Gasteiger partial charge in [-0.3, -0.25) is 0 Å². The molecule has 0 atom stereocenters. The van der Waals surface area contributed by atoms with Crippen LogP contribution in [0.5, 0.6) is 0 Å². The fraction of sp³-hybridized carbons (Fsp3) is 0.500. The van der Waals surface area contributed by atoms with Crippen molar-refractivity contribution in [2.24, 2.45) is 0 Å². The third kappa shape index (κ3) is 3.54. The Morgan fingerprint density at radius 1 is 1.50 bits per heavy atom. The first-order chi connectivity index (χ1) is 5.83. The zero-order valence-corrected chi connectivity index (χ0v) is 8.63. The third-order valence-corrected chi connectivity index (χ3v) is 2.77. The second-order valence-electron chi connectivity index (χ2n) is 2.49. The van der Waals surface area contributed by atoms with Gasteiger partial charge in [0.25, 0.3) is 0 Å². The SMILES string of the molecule is CNCNCCc1ccc(Cl)s1. The van der Waals surface area contributed by atoms with Crippen LogP contribution in [0.15, 0.2) is 12.1 Å². The third-order valence-electron chi connectivity index (χ3n) is 1.48. The van der Waals surface area contributed by atoms with Crippen molar-refractivity contribution in [2.45, 2.75) is 6.42 Å². The van der Waals surface area contributed by atoms with Gasteiger partial charge in [0.2, 0.25) is 0 Å². The molecule has 0 saturated heterocycles. The average molecular weight is 205 g/mol. The molecule has 1 aromatic rings. The summed E-state index contributed by atoms with van der Waals surface area (Å²) in [6.07, 6.45) is 1.05. The minimum atomic E-state index is 0.860. The Hall–Kier alpha value is -0.0900. The molecule has 0 amide bonds. The summed E-state index contributed by atoms with van der Waals surface area (Å²) in [5, 5.41) is 6.27. The zero-order valence-electron chi connectivity index (χ0n) is 7.06. The second-order valence-corrected chi connectivity index (χ2v) is 4.29. The summed E-state index contributed by atoms with van der Waals surface area (Å²) in [7, 11) is 1.93. The molecule has 68 valence electrons. The Morgan fingerprint density at radius 3 is 2.92 bits per heavy atom. The monoisotopic (exact) mass is 204 g/mol. The van der Waals surface area contributed by atoms with Crippen molar-refractivity contribution >= 4 is 22.9 Å². The van der Waals surface area contributed by atoms with E-state index in [0.29, 0.717) is 0 Å². The normalized spacial score (nSPS) is 10.5. The van der Waals surface area contributed by atoms with Gasteiger partial charge in [0.05, 0.1) is 4.34 Å². The number of hydrogen-bond donors (Lipinski definition) is 2. The molecule has 2 nitrogen and oxygen atoms in total. The van der Waals surface area contributed by atoms with Crippen molar-refractivity contribution < 1.29 is 0 Å². The Morgan fingerprint density at radius 2 is 2.33 bits per heavy atom. The van der Waals surface area contributed by atoms with Crippen LogP contribution in [-0.4, -0.2) is 20.3 Å². The summed E-state index contributed by atoms with van der Waals surface area (Å²) in [6, 6.07) is 4.02. The van der Waals surface area contributed by atoms with E-state index in [1.54, 1.807) is 11.3 Å². The van der Waals surface area contributed by atoms with E-state index in [1.807, 2.05) is 13.1 Å². The van der Waals surface area contributed by atoms with Crippen LogP contribution < -0.4 is 10.6 Å². The standard InChI is InChI=1S/C8H13ClN2S/c1-10-6-11-5-4-7-2-3-8(9)12-7/h2-3,10-11H,4-6H2,1H3. The van der Waals surface area contributed by atoms with E-state index in [0.717, 1.165) is 24.0 Å². The average Bonchev–Trinajstić information content (AvgIpc) is 2.45. The summed E-state index contributed by atoms with van der Waals surface area (Å²) < 4.78 is 0.874. The molecule has 0 aliphatic carbocycles. The van der Waals surface area contributed by atoms with Gasteiger partial charge in [0.1, 0.15) is 0 Å². The van der Waals surface area contributed by atoms with Gasteiger partial charge in [-0.15, -0.1) is 11.3 Å². The molecule has 0 unspecified atom stereocenters. The van der Waals surface area contributed by atoms with Crippen molar-refractivity contribution in [3.8, 4) is 0 Å². The highest BCUT2D eigenvalue weighted by Crippen LogP contribution is 2.21. The molecule has 1 rings (SSSR count). The number of nitrogens with one attached hydrogen (secondary N) is 2. The van der Waals surface area contributed by atoms with E-state index < -0.39 is 0 Å². The second kappa shape index (κ2) is 5.54. The van der Waals surface area contributed by atoms with Crippen LogP contribution in [0.25, 0.3) is 0 Å². The maximum Gasteiger partial charge on any atom is 0.0931 e. The van der Waals surface area contributed by atoms with Crippen LogP contribution in [0.1, 0.15) is 4.88 Å². The van der Waals surface area contributed by atoms with Gasteiger partial charge in [-0.25, -0.2) is 0 Å². The summed E-state index contributed by atoms with van der Waals surface area (Å²) >= 11 is 7.44. The molecular weight excluding hydrogens is 192 g/mol. The Kier molecular flexibility index (Phi) is 4.61. The lowest BCUT2D eigenvalue weighted by Gasteiger charge is -2.00. The molecule has 0 bridgehead atoms. The Bertz CT molecular complexity index is 225. The minimum absolute atomic E-state index is 0.860. The summed E-state index contributed by atoms with van der Waals surface area (Å²) in [5.41, 5.74) is 0. The number of rotatable bonds is 5. The van der Waals surface area contributed by atoms with Crippen LogP contribution in [0.2, 0.25) is 4.34 Å². The highest BCUT2D eigenvalue weighted by atomic mass is 35.5. The van der Waals surface area contributed by atoms with Crippen LogP contribution in [0.3, 0.4) is 0 Å². The topological polar surface area (TPSA) is 24.1 Å². The van der Waals surface area contributed by atoms with E-state index in [-0.39, 0.29) is 0 Å². The number of halogens is 1. The fourth-order valence-electron chi connectivity index (χ4n) is 0.911. The van der Waals surface area contributed by atoms with Gasteiger partial charge in [0.15, 0.2) is 0 Å². The van der Waals surface area contributed by atoms with Crippen LogP contribution >= 0.6 is 22.9 Å². The Balaban J connectivity index is 2.15. The van der Waals surface area contributed by atoms with Gasteiger partial charge >= 0.3 is 0 Å². The predicted molar refractivity (Wildman–Crippen MR) is 55.0 cm³/mol. The lowest BCUT2D eigenvalue weighted by molar-refractivity contribution is 0.633. The molecule has 2 N–H and O–H groups in total. The molecule has 0 saturated carbocycles. The van der Waals surface area contributed by atoms with Crippen LogP contribution in [-0.2, 0) is 6.42 Å². The highest BCUT2D eigenvalue weighted by molar-refractivity contribution is 7.16. The number of hydrogen-bond acceptors (Lipinski definition) is 3. The lowest BCUT2D eigenvalue weighted by Crippen LogP contribution is -2.27. The summed E-state index contributed by atoms with van der Waals surface area (Å²) in [4.78, 5) is 1.34. The van der Waals surface area contributed by atoms with E-state index in [2.05, 4.69) is 16.7 Å². The summed E-state index contributed by atoms with van der Waals surface area (Å²) in [5.74, 6) is 0. The molecule has 1 aromatic heterocycles. The molecule has 0 radical (unpaired) electrons. The van der Waals surface area contributed by atoms with Crippen LogP contribution in [0, 0.1) is 0 Å². The van der Waals surface area contributed by atoms with Gasteiger partial charge in [-0.2, -0.15) is 0 Å². The van der Waals surface area contributed by atoms with Gasteiger partial charge in [0, 0.05) is 18.1 Å². The molecule has 0 spiro atoms. The summed E-state index contributed by atoms with van der Waals surface area (Å²) in [6.45, 7) is 1.86. The molecule has 0 aliphatic heterocycles. The van der Waals surface area contributed by atoms with Gasteiger partial charge < -0.3 is 10.6 Å². The van der Waals surface area contributed by atoms with Crippen molar-refractivity contribution in [1.82, 2.24) is 10.6 Å². The maximum absolute atomic E-state index is 5.79. The molecule has 0 fully saturated rings. The molecule has 0 aliphatic rings. The molecule has 4 heteroatoms. The van der Waals surface area contributed by atoms with Crippen molar-refractivity contribution in [1.29, 1.82) is 0 Å². The molecule has 12 heavy (non-hydrogen) atoms. The van der Waals surface area contributed by atoms with Gasteiger partial charge in [-0.05, 0) is 25.6 Å². The fourth-order valence-corrected chi connectivity index (χ4v) is 2.00. The van der Waals surface area contributed by atoms with E-state index in [1.165, 1.54) is 4.88 Å². The van der Waals surface area contributed by atoms with Crippen molar-refractivity contribution in [3.63, 3.8) is 0 Å². The predicted octanol–water partition coefficient (Wildman–Crippen LogP) is 1.71. The molecule has 0 aromatic carbocycles.